The average Bonchev–Trinajstić information content (AvgIpc) is 3.34. The van der Waals surface area contributed by atoms with Gasteiger partial charge in [0.05, 0.1) is 4.92 Å². The molecule has 1 aromatic heterocycles. The summed E-state index contributed by atoms with van der Waals surface area (Å²) >= 11 is 0. The lowest BCUT2D eigenvalue weighted by Crippen LogP contribution is -2.31. The van der Waals surface area contributed by atoms with E-state index >= 15 is 0 Å². The number of anilines is 2. The summed E-state index contributed by atoms with van der Waals surface area (Å²) in [6, 6.07) is 11.2. The molecule has 7 heteroatoms. The van der Waals surface area contributed by atoms with Crippen molar-refractivity contribution in [1.29, 1.82) is 0 Å². The monoisotopic (exact) mass is 353 g/mol. The molecule has 1 N–H and O–H groups in total. The summed E-state index contributed by atoms with van der Waals surface area (Å²) in [5.74, 6) is 0.963. The van der Waals surface area contributed by atoms with Gasteiger partial charge in [0.2, 0.25) is 11.8 Å². The van der Waals surface area contributed by atoms with Crippen LogP contribution >= 0.6 is 0 Å². The number of benzene rings is 1. The minimum Gasteiger partial charge on any atom is -0.361 e. The molecule has 1 atom stereocenters. The molecule has 0 bridgehead atoms. The second-order valence-corrected chi connectivity index (χ2v) is 7.09. The Hall–Kier alpha value is -2.70. The molecule has 7 nitrogen and oxygen atoms in total. The molecule has 2 aromatic rings. The van der Waals surface area contributed by atoms with Crippen LogP contribution in [0.25, 0.3) is 0 Å². The van der Waals surface area contributed by atoms with E-state index in [0.717, 1.165) is 45.1 Å². The maximum Gasteiger partial charge on any atom is 0.329 e. The normalized spacial score (nSPS) is 19.5. The second-order valence-electron chi connectivity index (χ2n) is 7.09. The first-order valence-electron chi connectivity index (χ1n) is 9.29. The molecule has 2 fully saturated rings. The van der Waals surface area contributed by atoms with Crippen molar-refractivity contribution in [2.45, 2.75) is 50.6 Å². The molecule has 1 saturated heterocycles. The van der Waals surface area contributed by atoms with Crippen LogP contribution in [0.1, 0.15) is 37.7 Å². The fraction of sp³-hybridized carbons (Fsp3) is 0.474. The topological polar surface area (TPSA) is 84.2 Å². The van der Waals surface area contributed by atoms with Crippen LogP contribution in [0.2, 0.25) is 0 Å². The SMILES string of the molecule is O=[N+]([O-])c1cnc(N2CCC[C@H]2CCc2ccccc2)nc1NC1CC1. The lowest BCUT2D eigenvalue weighted by molar-refractivity contribution is -0.384. The van der Waals surface area contributed by atoms with Gasteiger partial charge in [-0.05, 0) is 44.1 Å². The Balaban J connectivity index is 1.50. The van der Waals surface area contributed by atoms with Crippen LogP contribution in [0.5, 0.6) is 0 Å². The van der Waals surface area contributed by atoms with E-state index in [-0.39, 0.29) is 5.69 Å². The van der Waals surface area contributed by atoms with Crippen molar-refractivity contribution in [2.75, 3.05) is 16.8 Å². The molecule has 1 saturated carbocycles. The molecular weight excluding hydrogens is 330 g/mol. The molecule has 0 spiro atoms. The van der Waals surface area contributed by atoms with E-state index in [0.29, 0.717) is 23.8 Å². The standard InChI is InChI=1S/C19H23N5O2/c25-24(26)17-13-20-19(22-18(17)21-15-9-10-15)23-12-4-7-16(23)11-8-14-5-2-1-3-6-14/h1-3,5-6,13,15-16H,4,7-12H2,(H,20,21,22)/t16-/m0/s1. The summed E-state index contributed by atoms with van der Waals surface area (Å²) < 4.78 is 0. The maximum atomic E-state index is 11.3. The van der Waals surface area contributed by atoms with Gasteiger partial charge in [-0.2, -0.15) is 4.98 Å². The predicted molar refractivity (Wildman–Crippen MR) is 100 cm³/mol. The van der Waals surface area contributed by atoms with Crippen LogP contribution in [-0.2, 0) is 6.42 Å². The number of nitrogens with one attached hydrogen (secondary N) is 1. The zero-order valence-corrected chi connectivity index (χ0v) is 14.7. The zero-order valence-electron chi connectivity index (χ0n) is 14.7. The molecule has 1 aromatic carbocycles. The highest BCUT2D eigenvalue weighted by atomic mass is 16.6. The fourth-order valence-electron chi connectivity index (χ4n) is 3.54. The number of hydrogen-bond donors (Lipinski definition) is 1. The Bertz CT molecular complexity index is 779. The van der Waals surface area contributed by atoms with Gasteiger partial charge < -0.3 is 10.2 Å². The molecule has 0 amide bonds. The number of aryl methyl sites for hydroxylation is 1. The van der Waals surface area contributed by atoms with Gasteiger partial charge in [-0.15, -0.1) is 0 Å². The van der Waals surface area contributed by atoms with Crippen LogP contribution in [0, 0.1) is 10.1 Å². The lowest BCUT2D eigenvalue weighted by Gasteiger charge is -2.25. The molecule has 26 heavy (non-hydrogen) atoms. The second kappa shape index (κ2) is 7.27. The minimum absolute atomic E-state index is 0.0410. The number of hydrogen-bond acceptors (Lipinski definition) is 6. The fourth-order valence-corrected chi connectivity index (χ4v) is 3.54. The van der Waals surface area contributed by atoms with Crippen molar-refractivity contribution in [2.24, 2.45) is 0 Å². The first-order valence-corrected chi connectivity index (χ1v) is 9.29. The summed E-state index contributed by atoms with van der Waals surface area (Å²) in [5, 5.41) is 14.4. The summed E-state index contributed by atoms with van der Waals surface area (Å²) in [6.07, 6.45) is 7.70. The third-order valence-electron chi connectivity index (χ3n) is 5.11. The van der Waals surface area contributed by atoms with E-state index in [1.54, 1.807) is 0 Å². The van der Waals surface area contributed by atoms with E-state index in [2.05, 4.69) is 44.5 Å². The summed E-state index contributed by atoms with van der Waals surface area (Å²) in [4.78, 5) is 21.9. The highest BCUT2D eigenvalue weighted by molar-refractivity contribution is 5.58. The third-order valence-corrected chi connectivity index (χ3v) is 5.11. The lowest BCUT2D eigenvalue weighted by atomic mass is 10.0. The van der Waals surface area contributed by atoms with Crippen LogP contribution in [0.4, 0.5) is 17.5 Å². The first kappa shape index (κ1) is 16.8. The number of nitro groups is 1. The van der Waals surface area contributed by atoms with Crippen molar-refractivity contribution in [3.05, 3.63) is 52.2 Å². The van der Waals surface area contributed by atoms with Gasteiger partial charge in [-0.3, -0.25) is 10.1 Å². The van der Waals surface area contributed by atoms with E-state index in [9.17, 15) is 10.1 Å². The zero-order chi connectivity index (χ0) is 17.9. The molecule has 1 aliphatic heterocycles. The van der Waals surface area contributed by atoms with Crippen molar-refractivity contribution in [3.63, 3.8) is 0 Å². The molecule has 4 rings (SSSR count). The Morgan fingerprint density at radius 2 is 2.04 bits per heavy atom. The average molecular weight is 353 g/mol. The van der Waals surface area contributed by atoms with E-state index in [1.807, 2.05) is 6.07 Å². The Kier molecular flexibility index (Phi) is 4.69. The van der Waals surface area contributed by atoms with Crippen LogP contribution in [-0.4, -0.2) is 33.5 Å². The maximum absolute atomic E-state index is 11.3. The molecular formula is C19H23N5O2. The molecule has 136 valence electrons. The molecule has 0 radical (unpaired) electrons. The minimum atomic E-state index is -0.411. The molecule has 2 aliphatic rings. The summed E-state index contributed by atoms with van der Waals surface area (Å²) in [5.41, 5.74) is 1.29. The van der Waals surface area contributed by atoms with Gasteiger partial charge in [0, 0.05) is 18.6 Å². The quantitative estimate of drug-likeness (QED) is 0.605. The van der Waals surface area contributed by atoms with Crippen molar-refractivity contribution in [3.8, 4) is 0 Å². The Labute approximate surface area is 152 Å². The van der Waals surface area contributed by atoms with Crippen LogP contribution < -0.4 is 10.2 Å². The van der Waals surface area contributed by atoms with E-state index in [1.165, 1.54) is 11.8 Å². The number of rotatable bonds is 7. The van der Waals surface area contributed by atoms with Gasteiger partial charge in [0.15, 0.2) is 0 Å². The summed E-state index contributed by atoms with van der Waals surface area (Å²) in [6.45, 7) is 0.903. The van der Waals surface area contributed by atoms with Crippen molar-refractivity contribution >= 4 is 17.5 Å². The van der Waals surface area contributed by atoms with Crippen LogP contribution in [0.3, 0.4) is 0 Å². The Morgan fingerprint density at radius 1 is 1.23 bits per heavy atom. The Morgan fingerprint density at radius 3 is 2.77 bits per heavy atom. The molecule has 1 aliphatic carbocycles. The summed E-state index contributed by atoms with van der Waals surface area (Å²) in [7, 11) is 0. The highest BCUT2D eigenvalue weighted by Crippen LogP contribution is 2.32. The largest absolute Gasteiger partial charge is 0.361 e. The van der Waals surface area contributed by atoms with Gasteiger partial charge in [0.1, 0.15) is 6.20 Å². The first-order chi connectivity index (χ1) is 12.7. The predicted octanol–water partition coefficient (Wildman–Crippen LogP) is 3.56. The van der Waals surface area contributed by atoms with Crippen molar-refractivity contribution < 1.29 is 4.92 Å². The van der Waals surface area contributed by atoms with Crippen LogP contribution in [0.15, 0.2) is 36.5 Å². The van der Waals surface area contributed by atoms with Gasteiger partial charge in [-0.25, -0.2) is 4.98 Å². The smallest absolute Gasteiger partial charge is 0.329 e. The molecule has 0 unspecified atom stereocenters. The third kappa shape index (κ3) is 3.76. The van der Waals surface area contributed by atoms with Gasteiger partial charge >= 0.3 is 5.69 Å². The van der Waals surface area contributed by atoms with Crippen molar-refractivity contribution in [1.82, 2.24) is 9.97 Å². The van der Waals surface area contributed by atoms with Gasteiger partial charge in [-0.1, -0.05) is 30.3 Å². The van der Waals surface area contributed by atoms with E-state index in [4.69, 9.17) is 0 Å². The number of nitrogens with zero attached hydrogens (tertiary/aromatic N) is 4. The number of aromatic nitrogens is 2. The highest BCUT2D eigenvalue weighted by Gasteiger charge is 2.30. The van der Waals surface area contributed by atoms with E-state index < -0.39 is 4.92 Å². The molecule has 2 heterocycles. The van der Waals surface area contributed by atoms with Gasteiger partial charge in [0.25, 0.3) is 0 Å².